The van der Waals surface area contributed by atoms with E-state index >= 15 is 0 Å². The standard InChI is InChI=1S/C13H16F3N3O2/c14-13(15,16)21-8-1-6(2-8)10-18-19-11(20-10)12-3-7(4-12)9(17)5-12/h6-9H,1-5,17H2/t6?,7?,8?,9-,12?/m1/s1. The van der Waals surface area contributed by atoms with Gasteiger partial charge < -0.3 is 10.2 Å². The zero-order valence-electron chi connectivity index (χ0n) is 11.3. The maximum atomic E-state index is 12.1. The molecule has 0 radical (unpaired) electrons. The Balaban J connectivity index is 1.39. The second kappa shape index (κ2) is 4.19. The molecule has 1 atom stereocenters. The van der Waals surface area contributed by atoms with E-state index in [1.807, 2.05) is 0 Å². The van der Waals surface area contributed by atoms with Crippen molar-refractivity contribution in [1.82, 2.24) is 10.2 Å². The molecule has 4 aliphatic carbocycles. The molecule has 0 unspecified atom stereocenters. The number of ether oxygens (including phenoxy) is 1. The number of alkyl halides is 3. The highest BCUT2D eigenvalue weighted by molar-refractivity contribution is 5.21. The average molecular weight is 303 g/mol. The van der Waals surface area contributed by atoms with Gasteiger partial charge in [-0.2, -0.15) is 0 Å². The molecular weight excluding hydrogens is 287 g/mol. The van der Waals surface area contributed by atoms with Crippen LogP contribution in [-0.2, 0) is 10.2 Å². The van der Waals surface area contributed by atoms with Crippen molar-refractivity contribution in [2.75, 3.05) is 0 Å². The van der Waals surface area contributed by atoms with Gasteiger partial charge in [0.1, 0.15) is 0 Å². The number of fused-ring (bicyclic) bond motifs is 1. The third-order valence-electron chi connectivity index (χ3n) is 5.18. The van der Waals surface area contributed by atoms with Crippen LogP contribution in [0.3, 0.4) is 0 Å². The van der Waals surface area contributed by atoms with Gasteiger partial charge in [-0.3, -0.25) is 4.74 Å². The molecule has 2 bridgehead atoms. The van der Waals surface area contributed by atoms with Crippen LogP contribution < -0.4 is 5.73 Å². The monoisotopic (exact) mass is 303 g/mol. The van der Waals surface area contributed by atoms with Crippen LogP contribution in [0.25, 0.3) is 0 Å². The van der Waals surface area contributed by atoms with Gasteiger partial charge in [-0.1, -0.05) is 0 Å². The van der Waals surface area contributed by atoms with E-state index in [1.165, 1.54) is 0 Å². The summed E-state index contributed by atoms with van der Waals surface area (Å²) in [5.74, 6) is 1.47. The Labute approximate surface area is 119 Å². The molecule has 2 N–H and O–H groups in total. The summed E-state index contributed by atoms with van der Waals surface area (Å²) in [7, 11) is 0. The number of nitrogens with zero attached hydrogens (tertiary/aromatic N) is 2. The molecule has 5 nitrogen and oxygen atoms in total. The number of aromatic nitrogens is 2. The van der Waals surface area contributed by atoms with Crippen molar-refractivity contribution in [2.45, 2.75) is 61.9 Å². The summed E-state index contributed by atoms with van der Waals surface area (Å²) < 4.78 is 45.9. The molecule has 1 aromatic rings. The topological polar surface area (TPSA) is 74.2 Å². The Morgan fingerprint density at radius 3 is 2.48 bits per heavy atom. The molecule has 1 heterocycles. The third kappa shape index (κ3) is 2.15. The molecule has 5 rings (SSSR count). The molecular formula is C13H16F3N3O2. The van der Waals surface area contributed by atoms with E-state index in [1.54, 1.807) is 0 Å². The lowest BCUT2D eigenvalue weighted by atomic mass is 9.69. The Kier molecular flexibility index (Phi) is 2.70. The zero-order valence-corrected chi connectivity index (χ0v) is 11.3. The lowest BCUT2D eigenvalue weighted by molar-refractivity contribution is -0.352. The summed E-state index contributed by atoms with van der Waals surface area (Å²) in [4.78, 5) is 0. The van der Waals surface area contributed by atoms with Crippen LogP contribution in [0.2, 0.25) is 0 Å². The average Bonchev–Trinajstić information content (AvgIpc) is 2.92. The van der Waals surface area contributed by atoms with Crippen molar-refractivity contribution in [2.24, 2.45) is 11.7 Å². The van der Waals surface area contributed by atoms with Gasteiger partial charge in [0.25, 0.3) is 0 Å². The molecule has 0 aliphatic heterocycles. The lowest BCUT2D eigenvalue weighted by Crippen LogP contribution is -2.35. The molecule has 1 aromatic heterocycles. The summed E-state index contributed by atoms with van der Waals surface area (Å²) >= 11 is 0. The van der Waals surface area contributed by atoms with Crippen LogP contribution in [0.5, 0.6) is 0 Å². The first-order valence-electron chi connectivity index (χ1n) is 7.19. The lowest BCUT2D eigenvalue weighted by Gasteiger charge is -2.35. The number of hydrogen-bond donors (Lipinski definition) is 1. The van der Waals surface area contributed by atoms with Crippen molar-refractivity contribution in [3.63, 3.8) is 0 Å². The van der Waals surface area contributed by atoms with E-state index in [0.717, 1.165) is 19.3 Å². The molecule has 116 valence electrons. The minimum absolute atomic E-state index is 0.0685. The van der Waals surface area contributed by atoms with Crippen molar-refractivity contribution in [3.8, 4) is 0 Å². The van der Waals surface area contributed by atoms with Gasteiger partial charge in [0.2, 0.25) is 11.8 Å². The van der Waals surface area contributed by atoms with Crippen molar-refractivity contribution < 1.29 is 22.3 Å². The fourth-order valence-corrected chi connectivity index (χ4v) is 3.96. The summed E-state index contributed by atoms with van der Waals surface area (Å²) in [6.07, 6.45) is -1.98. The molecule has 0 spiro atoms. The first-order chi connectivity index (χ1) is 9.85. The molecule has 4 fully saturated rings. The number of rotatable bonds is 3. The molecule has 21 heavy (non-hydrogen) atoms. The summed E-state index contributed by atoms with van der Waals surface area (Å²) in [6, 6.07) is 0.202. The third-order valence-corrected chi connectivity index (χ3v) is 5.18. The van der Waals surface area contributed by atoms with Crippen molar-refractivity contribution >= 4 is 0 Å². The normalized spacial score (nSPS) is 41.7. The van der Waals surface area contributed by atoms with E-state index in [9.17, 15) is 13.2 Å². The van der Waals surface area contributed by atoms with Crippen LogP contribution >= 0.6 is 0 Å². The Morgan fingerprint density at radius 1 is 1.19 bits per heavy atom. The predicted molar refractivity (Wildman–Crippen MR) is 64.2 cm³/mol. The van der Waals surface area contributed by atoms with E-state index in [2.05, 4.69) is 14.9 Å². The predicted octanol–water partition coefficient (Wildman–Crippen LogP) is 2.23. The van der Waals surface area contributed by atoms with E-state index in [-0.39, 0.29) is 30.2 Å². The molecule has 8 heteroatoms. The van der Waals surface area contributed by atoms with Gasteiger partial charge in [-0.05, 0) is 38.0 Å². The first kappa shape index (κ1) is 13.5. The molecule has 0 aromatic carbocycles. The minimum Gasteiger partial charge on any atom is -0.424 e. The molecule has 4 aliphatic rings. The fourth-order valence-electron chi connectivity index (χ4n) is 3.96. The maximum Gasteiger partial charge on any atom is 0.522 e. The van der Waals surface area contributed by atoms with E-state index in [0.29, 0.717) is 17.7 Å². The van der Waals surface area contributed by atoms with Crippen molar-refractivity contribution in [1.29, 1.82) is 0 Å². The molecule has 0 amide bonds. The Hall–Kier alpha value is -1.15. The highest BCUT2D eigenvalue weighted by Gasteiger charge is 2.59. The smallest absolute Gasteiger partial charge is 0.424 e. The number of hydrogen-bond acceptors (Lipinski definition) is 5. The van der Waals surface area contributed by atoms with Crippen LogP contribution in [0.15, 0.2) is 4.42 Å². The van der Waals surface area contributed by atoms with Crippen molar-refractivity contribution in [3.05, 3.63) is 11.8 Å². The second-order valence-electron chi connectivity index (χ2n) is 6.62. The van der Waals surface area contributed by atoms with Gasteiger partial charge in [-0.25, -0.2) is 0 Å². The summed E-state index contributed by atoms with van der Waals surface area (Å²) in [5.41, 5.74) is 5.94. The van der Waals surface area contributed by atoms with E-state index in [4.69, 9.17) is 10.2 Å². The van der Waals surface area contributed by atoms with Crippen LogP contribution in [-0.4, -0.2) is 28.7 Å². The quantitative estimate of drug-likeness (QED) is 0.927. The van der Waals surface area contributed by atoms with Crippen LogP contribution in [0, 0.1) is 5.92 Å². The highest BCUT2D eigenvalue weighted by atomic mass is 19.4. The van der Waals surface area contributed by atoms with Gasteiger partial charge >= 0.3 is 6.36 Å². The Morgan fingerprint density at radius 2 is 1.90 bits per heavy atom. The summed E-state index contributed by atoms with van der Waals surface area (Å²) in [6.45, 7) is 0. The first-order valence-corrected chi connectivity index (χ1v) is 7.19. The Bertz CT molecular complexity index is 547. The number of halogens is 3. The van der Waals surface area contributed by atoms with E-state index < -0.39 is 12.5 Å². The second-order valence-corrected chi connectivity index (χ2v) is 6.62. The largest absolute Gasteiger partial charge is 0.522 e. The van der Waals surface area contributed by atoms with Gasteiger partial charge in [0, 0.05) is 12.0 Å². The van der Waals surface area contributed by atoms with Gasteiger partial charge in [0.05, 0.1) is 11.5 Å². The van der Waals surface area contributed by atoms with Crippen LogP contribution in [0.1, 0.15) is 49.8 Å². The molecule has 0 saturated heterocycles. The number of nitrogens with two attached hydrogens (primary N) is 1. The summed E-state index contributed by atoms with van der Waals surface area (Å²) in [5, 5.41) is 8.12. The highest BCUT2D eigenvalue weighted by Crippen LogP contribution is 2.59. The maximum absolute atomic E-state index is 12.1. The SMILES string of the molecule is N[C@@H]1CC2(c3nnc(C4CC(OC(F)(F)F)C4)o3)CC1C2. The minimum atomic E-state index is -4.57. The van der Waals surface area contributed by atoms with Crippen LogP contribution in [0.4, 0.5) is 13.2 Å². The van der Waals surface area contributed by atoms with Gasteiger partial charge in [-0.15, -0.1) is 23.4 Å². The van der Waals surface area contributed by atoms with Gasteiger partial charge in [0.15, 0.2) is 0 Å². The fraction of sp³-hybridized carbons (Fsp3) is 0.846. The zero-order chi connectivity index (χ0) is 14.8. The molecule has 4 saturated carbocycles.